The number of hydrogen-bond acceptors (Lipinski definition) is 6. The zero-order valence-electron chi connectivity index (χ0n) is 17.6. The Labute approximate surface area is 176 Å². The molecule has 0 radical (unpaired) electrons. The first-order valence-corrected chi connectivity index (χ1v) is 10.1. The van der Waals surface area contributed by atoms with E-state index in [1.54, 1.807) is 14.0 Å². The molecule has 0 aliphatic heterocycles. The van der Waals surface area contributed by atoms with Gasteiger partial charge in [-0.2, -0.15) is 0 Å². The van der Waals surface area contributed by atoms with Crippen LogP contribution in [0.4, 0.5) is 0 Å². The molecule has 2 aromatic carbocycles. The molecule has 1 aromatic heterocycles. The molecule has 0 N–H and O–H groups in total. The second-order valence-corrected chi connectivity index (χ2v) is 6.78. The molecule has 6 heteroatoms. The van der Waals surface area contributed by atoms with Crippen molar-refractivity contribution in [3.63, 3.8) is 0 Å². The highest BCUT2D eigenvalue weighted by molar-refractivity contribution is 5.69. The Morgan fingerprint density at radius 2 is 1.87 bits per heavy atom. The minimum Gasteiger partial charge on any atom is -0.493 e. The first-order valence-electron chi connectivity index (χ1n) is 10.1. The van der Waals surface area contributed by atoms with Gasteiger partial charge in [-0.1, -0.05) is 24.3 Å². The van der Waals surface area contributed by atoms with Gasteiger partial charge in [-0.25, -0.2) is 4.98 Å². The molecule has 3 rings (SSSR count). The molecule has 0 atom stereocenters. The normalized spacial score (nSPS) is 10.6. The lowest BCUT2D eigenvalue weighted by molar-refractivity contribution is -0.143. The summed E-state index contributed by atoms with van der Waals surface area (Å²) in [5.41, 5.74) is 2.82. The lowest BCUT2D eigenvalue weighted by Crippen LogP contribution is -2.06. The fourth-order valence-electron chi connectivity index (χ4n) is 3.09. The molecule has 6 nitrogen and oxygen atoms in total. The predicted molar refractivity (Wildman–Crippen MR) is 114 cm³/mol. The fraction of sp³-hybridized carbons (Fsp3) is 0.333. The summed E-state index contributed by atoms with van der Waals surface area (Å²) in [6, 6.07) is 15.5. The topological polar surface area (TPSA) is 70.8 Å². The summed E-state index contributed by atoms with van der Waals surface area (Å²) in [4.78, 5) is 16.1. The second-order valence-electron chi connectivity index (χ2n) is 6.78. The van der Waals surface area contributed by atoms with Gasteiger partial charge in [-0.3, -0.25) is 4.79 Å². The van der Waals surface area contributed by atoms with E-state index in [-0.39, 0.29) is 5.97 Å². The number of ether oxygens (including phenoxy) is 3. The van der Waals surface area contributed by atoms with Crippen LogP contribution in [0.15, 0.2) is 52.9 Å². The Kier molecular flexibility index (Phi) is 7.49. The summed E-state index contributed by atoms with van der Waals surface area (Å²) in [7, 11) is 1.60. The Morgan fingerprint density at radius 3 is 2.60 bits per heavy atom. The highest BCUT2D eigenvalue weighted by Gasteiger charge is 2.13. The largest absolute Gasteiger partial charge is 0.493 e. The van der Waals surface area contributed by atoms with Crippen LogP contribution in [0.3, 0.4) is 0 Å². The van der Waals surface area contributed by atoms with Crippen LogP contribution in [0.2, 0.25) is 0 Å². The molecular weight excluding hydrogens is 382 g/mol. The van der Waals surface area contributed by atoms with Crippen molar-refractivity contribution in [2.24, 2.45) is 0 Å². The van der Waals surface area contributed by atoms with Gasteiger partial charge in [-0.15, -0.1) is 0 Å². The summed E-state index contributed by atoms with van der Waals surface area (Å²) >= 11 is 0. The Balaban J connectivity index is 1.58. The van der Waals surface area contributed by atoms with E-state index >= 15 is 0 Å². The third-order valence-electron chi connectivity index (χ3n) is 4.66. The highest BCUT2D eigenvalue weighted by atomic mass is 16.5. The smallest absolute Gasteiger partial charge is 0.306 e. The number of esters is 1. The average molecular weight is 409 g/mol. The van der Waals surface area contributed by atoms with E-state index in [1.165, 1.54) is 0 Å². The first kappa shape index (κ1) is 21.4. The molecule has 0 spiro atoms. The van der Waals surface area contributed by atoms with Gasteiger partial charge in [0.05, 0.1) is 26.0 Å². The van der Waals surface area contributed by atoms with Gasteiger partial charge in [0.2, 0.25) is 5.89 Å². The number of methoxy groups -OCH3 is 1. The molecule has 0 aliphatic rings. The molecule has 3 aromatic rings. The molecular formula is C24H27NO5. The highest BCUT2D eigenvalue weighted by Crippen LogP contribution is 2.29. The summed E-state index contributed by atoms with van der Waals surface area (Å²) in [6.07, 6.45) is 1.55. The maximum Gasteiger partial charge on any atom is 0.306 e. The molecule has 158 valence electrons. The van der Waals surface area contributed by atoms with Crippen LogP contribution in [0, 0.1) is 6.92 Å². The van der Waals surface area contributed by atoms with E-state index in [9.17, 15) is 4.79 Å². The number of carbonyl (C=O) groups excluding carboxylic acids is 1. The number of carbonyl (C=O) groups is 1. The van der Waals surface area contributed by atoms with Crippen LogP contribution in [0.5, 0.6) is 11.5 Å². The lowest BCUT2D eigenvalue weighted by atomic mass is 10.1. The van der Waals surface area contributed by atoms with Crippen molar-refractivity contribution in [2.45, 2.75) is 33.1 Å². The maximum atomic E-state index is 11.5. The Hall–Kier alpha value is -3.28. The Bertz CT molecular complexity index is 965. The number of benzene rings is 2. The van der Waals surface area contributed by atoms with Crippen molar-refractivity contribution < 1.29 is 23.4 Å². The fourth-order valence-corrected chi connectivity index (χ4v) is 3.09. The third-order valence-corrected chi connectivity index (χ3v) is 4.66. The summed E-state index contributed by atoms with van der Waals surface area (Å²) in [6.45, 7) is 4.55. The minimum absolute atomic E-state index is 0.199. The van der Waals surface area contributed by atoms with Crippen LogP contribution in [0.1, 0.15) is 30.4 Å². The number of nitrogens with zero attached hydrogens (tertiary/aromatic N) is 1. The van der Waals surface area contributed by atoms with Gasteiger partial charge in [0.25, 0.3) is 0 Å². The molecule has 0 saturated carbocycles. The van der Waals surface area contributed by atoms with Gasteiger partial charge in [-0.05, 0) is 50.1 Å². The number of oxazole rings is 1. The number of rotatable bonds is 10. The second kappa shape index (κ2) is 10.5. The van der Waals surface area contributed by atoms with Crippen molar-refractivity contribution in [1.29, 1.82) is 0 Å². The van der Waals surface area contributed by atoms with E-state index in [0.717, 1.165) is 22.6 Å². The third kappa shape index (κ3) is 5.63. The first-order chi connectivity index (χ1) is 14.6. The number of hydrogen-bond donors (Lipinski definition) is 0. The van der Waals surface area contributed by atoms with Crippen molar-refractivity contribution >= 4 is 5.97 Å². The van der Waals surface area contributed by atoms with E-state index in [2.05, 4.69) is 4.98 Å². The molecule has 0 fully saturated rings. The van der Waals surface area contributed by atoms with Crippen LogP contribution < -0.4 is 9.47 Å². The lowest BCUT2D eigenvalue weighted by Gasteiger charge is -2.12. The van der Waals surface area contributed by atoms with Gasteiger partial charge in [0, 0.05) is 18.4 Å². The molecule has 30 heavy (non-hydrogen) atoms. The van der Waals surface area contributed by atoms with Crippen LogP contribution in [-0.4, -0.2) is 31.3 Å². The van der Waals surface area contributed by atoms with E-state index < -0.39 is 0 Å². The SMILES string of the molecule is CCOC(=O)CCc1ccc(OCCc2nc(-c3ccccc3)oc2C)c(OC)c1. The zero-order valence-corrected chi connectivity index (χ0v) is 17.6. The van der Waals surface area contributed by atoms with Gasteiger partial charge < -0.3 is 18.6 Å². The molecule has 0 saturated heterocycles. The monoisotopic (exact) mass is 409 g/mol. The van der Waals surface area contributed by atoms with Crippen molar-refractivity contribution in [3.8, 4) is 23.0 Å². The summed E-state index contributed by atoms with van der Waals surface area (Å²) in [5.74, 6) is 2.50. The van der Waals surface area contributed by atoms with Crippen molar-refractivity contribution in [3.05, 3.63) is 65.5 Å². The van der Waals surface area contributed by atoms with Gasteiger partial charge in [0.1, 0.15) is 5.76 Å². The Morgan fingerprint density at radius 1 is 1.07 bits per heavy atom. The van der Waals surface area contributed by atoms with Crippen molar-refractivity contribution in [1.82, 2.24) is 4.98 Å². The zero-order chi connectivity index (χ0) is 21.3. The quantitative estimate of drug-likeness (QED) is 0.449. The summed E-state index contributed by atoms with van der Waals surface area (Å²) in [5, 5.41) is 0. The van der Waals surface area contributed by atoms with Crippen LogP contribution >= 0.6 is 0 Å². The van der Waals surface area contributed by atoms with Crippen LogP contribution in [-0.2, 0) is 22.4 Å². The molecule has 0 amide bonds. The van der Waals surface area contributed by atoms with E-state index in [4.69, 9.17) is 18.6 Å². The van der Waals surface area contributed by atoms with Gasteiger partial charge >= 0.3 is 5.97 Å². The van der Waals surface area contributed by atoms with Crippen LogP contribution in [0.25, 0.3) is 11.5 Å². The predicted octanol–water partition coefficient (Wildman–Crippen LogP) is 4.78. The molecule has 0 unspecified atom stereocenters. The number of aryl methyl sites for hydroxylation is 2. The minimum atomic E-state index is -0.199. The average Bonchev–Trinajstić information content (AvgIpc) is 3.14. The van der Waals surface area contributed by atoms with Gasteiger partial charge in [0.15, 0.2) is 11.5 Å². The van der Waals surface area contributed by atoms with E-state index in [1.807, 2.05) is 55.5 Å². The van der Waals surface area contributed by atoms with Crippen molar-refractivity contribution in [2.75, 3.05) is 20.3 Å². The molecule has 0 bridgehead atoms. The van der Waals surface area contributed by atoms with E-state index in [0.29, 0.717) is 49.9 Å². The summed E-state index contributed by atoms with van der Waals surface area (Å²) < 4.78 is 22.1. The molecule has 0 aliphatic carbocycles. The standard InChI is InChI=1S/C24H27NO5/c1-4-28-23(26)13-11-18-10-12-21(22(16-18)27-3)29-15-14-20-17(2)30-24(25-20)19-8-6-5-7-9-19/h5-10,12,16H,4,11,13-15H2,1-3H3. The maximum absolute atomic E-state index is 11.5. The molecule has 1 heterocycles. The number of aromatic nitrogens is 1.